The van der Waals surface area contributed by atoms with Crippen molar-refractivity contribution in [3.63, 3.8) is 0 Å². The molecule has 13 heavy (non-hydrogen) atoms. The van der Waals surface area contributed by atoms with Gasteiger partial charge in [-0.25, -0.2) is 0 Å². The molecule has 0 aliphatic heterocycles. The van der Waals surface area contributed by atoms with Gasteiger partial charge >= 0.3 is 0 Å². The van der Waals surface area contributed by atoms with Crippen molar-refractivity contribution in [2.75, 3.05) is 5.33 Å². The summed E-state index contributed by atoms with van der Waals surface area (Å²) in [4.78, 5) is 11.9. The molecule has 1 nitrogen and oxygen atoms in total. The summed E-state index contributed by atoms with van der Waals surface area (Å²) in [6, 6.07) is 5.32. The molecular weight excluding hydrogens is 272 g/mol. The van der Waals surface area contributed by atoms with Crippen LogP contribution >= 0.6 is 40.2 Å². The van der Waals surface area contributed by atoms with Crippen LogP contribution < -0.4 is 0 Å². The highest BCUT2D eigenvalue weighted by Gasteiger charge is 2.05. The van der Waals surface area contributed by atoms with Gasteiger partial charge in [0.1, 0.15) is 5.78 Å². The third-order valence-electron chi connectivity index (χ3n) is 1.58. The predicted octanol–water partition coefficient (Wildman–Crippen LogP) is 3.14. The molecular formula is C9H8BrClOS. The van der Waals surface area contributed by atoms with Crippen molar-refractivity contribution >= 4 is 45.9 Å². The first-order valence-electron chi connectivity index (χ1n) is 3.68. The maximum Gasteiger partial charge on any atom is 0.147 e. The quantitative estimate of drug-likeness (QED) is 0.664. The minimum absolute atomic E-state index is 0.123. The van der Waals surface area contributed by atoms with E-state index in [1.54, 1.807) is 18.2 Å². The average molecular weight is 280 g/mol. The zero-order valence-corrected chi connectivity index (χ0v) is 9.99. The topological polar surface area (TPSA) is 17.1 Å². The van der Waals surface area contributed by atoms with Gasteiger partial charge in [0.25, 0.3) is 0 Å². The van der Waals surface area contributed by atoms with Crippen molar-refractivity contribution in [3.8, 4) is 0 Å². The summed E-state index contributed by atoms with van der Waals surface area (Å²) in [5.41, 5.74) is 0.875. The lowest BCUT2D eigenvalue weighted by molar-refractivity contribution is -0.115. The van der Waals surface area contributed by atoms with E-state index in [4.69, 9.17) is 11.6 Å². The van der Waals surface area contributed by atoms with E-state index in [2.05, 4.69) is 28.6 Å². The second-order valence-corrected chi connectivity index (χ2v) is 4.10. The highest BCUT2D eigenvalue weighted by Crippen LogP contribution is 2.19. The Morgan fingerprint density at radius 1 is 1.54 bits per heavy atom. The summed E-state index contributed by atoms with van der Waals surface area (Å²) in [5, 5.41) is 1.00. The zero-order chi connectivity index (χ0) is 9.84. The van der Waals surface area contributed by atoms with Crippen molar-refractivity contribution in [3.05, 3.63) is 28.8 Å². The molecule has 0 N–H and O–H groups in total. The molecule has 1 aromatic carbocycles. The Morgan fingerprint density at radius 3 is 2.85 bits per heavy atom. The van der Waals surface area contributed by atoms with Crippen molar-refractivity contribution in [1.82, 2.24) is 0 Å². The Balaban J connectivity index is 2.87. The van der Waals surface area contributed by atoms with Gasteiger partial charge in [0.05, 0.1) is 5.33 Å². The van der Waals surface area contributed by atoms with Crippen LogP contribution in [0.4, 0.5) is 0 Å². The number of hydrogen-bond acceptors (Lipinski definition) is 2. The van der Waals surface area contributed by atoms with Crippen molar-refractivity contribution in [1.29, 1.82) is 0 Å². The van der Waals surface area contributed by atoms with Crippen LogP contribution in [0, 0.1) is 0 Å². The number of Topliss-reactive ketones (excluding diaryl/α,β-unsaturated/α-hetero) is 1. The molecule has 0 heterocycles. The van der Waals surface area contributed by atoms with Gasteiger partial charge in [-0.1, -0.05) is 27.5 Å². The number of halogens is 2. The summed E-state index contributed by atoms with van der Waals surface area (Å²) in [6.07, 6.45) is 0.380. The van der Waals surface area contributed by atoms with Gasteiger partial charge in [0.2, 0.25) is 0 Å². The van der Waals surface area contributed by atoms with Crippen LogP contribution in [0.15, 0.2) is 23.1 Å². The van der Waals surface area contributed by atoms with Gasteiger partial charge < -0.3 is 0 Å². The van der Waals surface area contributed by atoms with Gasteiger partial charge in [-0.2, -0.15) is 0 Å². The molecule has 1 rings (SSSR count). The predicted molar refractivity (Wildman–Crippen MR) is 61.2 cm³/mol. The largest absolute Gasteiger partial charge is 0.298 e. The molecule has 0 radical (unpaired) electrons. The molecule has 1 aromatic rings. The van der Waals surface area contributed by atoms with Crippen molar-refractivity contribution in [2.24, 2.45) is 0 Å². The molecule has 0 amide bonds. The minimum Gasteiger partial charge on any atom is -0.298 e. The third kappa shape index (κ3) is 3.33. The first kappa shape index (κ1) is 11.1. The highest BCUT2D eigenvalue weighted by atomic mass is 79.9. The first-order chi connectivity index (χ1) is 6.13. The molecule has 0 aliphatic rings. The van der Waals surface area contributed by atoms with Crippen molar-refractivity contribution in [2.45, 2.75) is 11.3 Å². The number of carbonyl (C=O) groups is 1. The summed E-state index contributed by atoms with van der Waals surface area (Å²) < 4.78 is 0. The first-order valence-corrected chi connectivity index (χ1v) is 5.63. The van der Waals surface area contributed by atoms with Crippen LogP contribution in [-0.4, -0.2) is 11.1 Å². The average Bonchev–Trinajstić information content (AvgIpc) is 2.11. The molecule has 0 unspecified atom stereocenters. The van der Waals surface area contributed by atoms with E-state index >= 15 is 0 Å². The number of ketones is 1. The monoisotopic (exact) mass is 278 g/mol. The van der Waals surface area contributed by atoms with Gasteiger partial charge in [0, 0.05) is 16.3 Å². The minimum atomic E-state index is 0.123. The molecule has 0 bridgehead atoms. The molecule has 0 fully saturated rings. The van der Waals surface area contributed by atoms with Gasteiger partial charge in [-0.15, -0.1) is 12.6 Å². The third-order valence-corrected chi connectivity index (χ3v) is 2.88. The second-order valence-electron chi connectivity index (χ2n) is 2.62. The maximum atomic E-state index is 11.1. The SMILES string of the molecule is O=C(CBr)Cc1cc(Cl)ccc1S. The molecule has 0 atom stereocenters. The molecule has 0 spiro atoms. The fourth-order valence-corrected chi connectivity index (χ4v) is 1.57. The number of thiol groups is 1. The fraction of sp³-hybridized carbons (Fsp3) is 0.222. The summed E-state index contributed by atoms with van der Waals surface area (Å²) >= 11 is 13.1. The molecule has 0 saturated carbocycles. The molecule has 0 saturated heterocycles. The summed E-state index contributed by atoms with van der Waals surface area (Å²) in [6.45, 7) is 0. The molecule has 0 aliphatic carbocycles. The maximum absolute atomic E-state index is 11.1. The number of rotatable bonds is 3. The molecule has 4 heteroatoms. The van der Waals surface area contributed by atoms with Crippen molar-refractivity contribution < 1.29 is 4.79 Å². The van der Waals surface area contributed by atoms with E-state index in [1.165, 1.54) is 0 Å². The van der Waals surface area contributed by atoms with Crippen LogP contribution in [0.2, 0.25) is 5.02 Å². The molecule has 70 valence electrons. The fourth-order valence-electron chi connectivity index (χ4n) is 0.955. The standard InChI is InChI=1S/C9H8BrClOS/c10-5-8(12)4-6-3-7(11)1-2-9(6)13/h1-3,13H,4-5H2. The Hall–Kier alpha value is 0.01000. The van der Waals surface area contributed by atoms with Gasteiger partial charge in [0.15, 0.2) is 0 Å². The second kappa shape index (κ2) is 5.03. The lowest BCUT2D eigenvalue weighted by Crippen LogP contribution is -2.03. The van der Waals surface area contributed by atoms with Gasteiger partial charge in [-0.3, -0.25) is 4.79 Å². The van der Waals surface area contributed by atoms with Crippen LogP contribution in [0.5, 0.6) is 0 Å². The Kier molecular flexibility index (Phi) is 4.29. The highest BCUT2D eigenvalue weighted by molar-refractivity contribution is 9.09. The lowest BCUT2D eigenvalue weighted by atomic mass is 10.1. The zero-order valence-electron chi connectivity index (χ0n) is 6.76. The Morgan fingerprint density at radius 2 is 2.23 bits per heavy atom. The van der Waals surface area contributed by atoms with Gasteiger partial charge in [-0.05, 0) is 23.8 Å². The van der Waals surface area contributed by atoms with E-state index in [1.807, 2.05) is 0 Å². The Bertz CT molecular complexity index is 327. The molecule has 0 aromatic heterocycles. The number of alkyl halides is 1. The summed E-state index contributed by atoms with van der Waals surface area (Å²) in [5.74, 6) is 0.123. The van der Waals surface area contributed by atoms with Crippen LogP contribution in [-0.2, 0) is 11.2 Å². The summed E-state index contributed by atoms with van der Waals surface area (Å²) in [7, 11) is 0. The van der Waals surface area contributed by atoms with E-state index < -0.39 is 0 Å². The normalized spacial score (nSPS) is 10.1. The van der Waals surface area contributed by atoms with E-state index in [0.717, 1.165) is 10.5 Å². The lowest BCUT2D eigenvalue weighted by Gasteiger charge is -2.03. The van der Waals surface area contributed by atoms with Crippen LogP contribution in [0.1, 0.15) is 5.56 Å². The van der Waals surface area contributed by atoms with Crippen LogP contribution in [0.3, 0.4) is 0 Å². The van der Waals surface area contributed by atoms with E-state index in [9.17, 15) is 4.79 Å². The Labute approximate surface area is 96.0 Å². The van der Waals surface area contributed by atoms with Crippen LogP contribution in [0.25, 0.3) is 0 Å². The smallest absolute Gasteiger partial charge is 0.147 e. The number of hydrogen-bond donors (Lipinski definition) is 1. The number of carbonyl (C=O) groups excluding carboxylic acids is 1. The van der Waals surface area contributed by atoms with E-state index in [-0.39, 0.29) is 5.78 Å². The van der Waals surface area contributed by atoms with E-state index in [0.29, 0.717) is 16.8 Å². The number of benzene rings is 1.